The average molecular weight is 306 g/mol. The van der Waals surface area contributed by atoms with Crippen molar-refractivity contribution in [1.29, 1.82) is 0 Å². The van der Waals surface area contributed by atoms with Crippen LogP contribution in [-0.4, -0.2) is 24.2 Å². The fraction of sp³-hybridized carbons (Fsp3) is 0.188. The van der Waals surface area contributed by atoms with Gasteiger partial charge in [-0.25, -0.2) is 4.79 Å². The Labute approximate surface area is 128 Å². The molecule has 2 aromatic carbocycles. The molecule has 0 aliphatic carbocycles. The largest absolute Gasteiger partial charge is 0.492 e. The SMILES string of the molecule is Cc1ccc(Cl)cc1NCCOc1ccc(C(=O)O)cc1. The molecule has 0 bridgehead atoms. The summed E-state index contributed by atoms with van der Waals surface area (Å²) < 4.78 is 5.54. The Kier molecular flexibility index (Phi) is 5.06. The maximum atomic E-state index is 10.7. The van der Waals surface area contributed by atoms with Gasteiger partial charge in [0.25, 0.3) is 0 Å². The molecule has 2 aromatic rings. The Balaban J connectivity index is 1.81. The van der Waals surface area contributed by atoms with Crippen molar-refractivity contribution < 1.29 is 14.6 Å². The number of carboxylic acids is 1. The molecular weight excluding hydrogens is 290 g/mol. The molecule has 0 radical (unpaired) electrons. The predicted octanol–water partition coefficient (Wildman–Crippen LogP) is 3.84. The van der Waals surface area contributed by atoms with Crippen LogP contribution in [0.2, 0.25) is 5.02 Å². The molecule has 0 unspecified atom stereocenters. The average Bonchev–Trinajstić information content (AvgIpc) is 2.47. The van der Waals surface area contributed by atoms with Crippen LogP contribution in [0.5, 0.6) is 5.75 Å². The summed E-state index contributed by atoms with van der Waals surface area (Å²) in [6.07, 6.45) is 0. The summed E-state index contributed by atoms with van der Waals surface area (Å²) in [5.74, 6) is -0.302. The number of aromatic carboxylic acids is 1. The highest BCUT2D eigenvalue weighted by molar-refractivity contribution is 6.30. The van der Waals surface area contributed by atoms with E-state index in [2.05, 4.69) is 5.32 Å². The molecule has 0 aliphatic rings. The van der Waals surface area contributed by atoms with Crippen LogP contribution >= 0.6 is 11.6 Å². The first-order valence-electron chi connectivity index (χ1n) is 6.52. The zero-order chi connectivity index (χ0) is 15.2. The van der Waals surface area contributed by atoms with Gasteiger partial charge in [0.1, 0.15) is 12.4 Å². The van der Waals surface area contributed by atoms with E-state index in [-0.39, 0.29) is 5.56 Å². The van der Waals surface area contributed by atoms with Crippen molar-refractivity contribution in [3.63, 3.8) is 0 Å². The number of carbonyl (C=O) groups is 1. The molecular formula is C16H16ClNO3. The Morgan fingerprint density at radius 2 is 1.95 bits per heavy atom. The Hall–Kier alpha value is -2.20. The van der Waals surface area contributed by atoms with Crippen LogP contribution in [0.15, 0.2) is 42.5 Å². The summed E-state index contributed by atoms with van der Waals surface area (Å²) in [4.78, 5) is 10.7. The van der Waals surface area contributed by atoms with Crippen LogP contribution in [-0.2, 0) is 0 Å². The molecule has 0 fully saturated rings. The van der Waals surface area contributed by atoms with Crippen LogP contribution in [0.25, 0.3) is 0 Å². The fourth-order valence-corrected chi connectivity index (χ4v) is 2.01. The van der Waals surface area contributed by atoms with Crippen LogP contribution < -0.4 is 10.1 Å². The summed E-state index contributed by atoms with van der Waals surface area (Å²) in [5.41, 5.74) is 2.34. The van der Waals surface area contributed by atoms with Gasteiger partial charge in [-0.2, -0.15) is 0 Å². The van der Waals surface area contributed by atoms with Crippen LogP contribution in [0.1, 0.15) is 15.9 Å². The van der Waals surface area contributed by atoms with E-state index in [1.165, 1.54) is 12.1 Å². The van der Waals surface area contributed by atoms with E-state index in [0.29, 0.717) is 23.9 Å². The highest BCUT2D eigenvalue weighted by Gasteiger charge is 2.02. The maximum absolute atomic E-state index is 10.7. The molecule has 0 aliphatic heterocycles. The summed E-state index contributed by atoms with van der Waals surface area (Å²) >= 11 is 5.95. The summed E-state index contributed by atoms with van der Waals surface area (Å²) in [6.45, 7) is 3.10. The van der Waals surface area contributed by atoms with Gasteiger partial charge in [0.2, 0.25) is 0 Å². The first-order chi connectivity index (χ1) is 10.1. The molecule has 2 N–H and O–H groups in total. The van der Waals surface area contributed by atoms with E-state index >= 15 is 0 Å². The lowest BCUT2D eigenvalue weighted by Gasteiger charge is -2.11. The van der Waals surface area contributed by atoms with Crippen molar-refractivity contribution in [3.05, 3.63) is 58.6 Å². The number of benzene rings is 2. The van der Waals surface area contributed by atoms with Gasteiger partial charge in [-0.15, -0.1) is 0 Å². The molecule has 5 heteroatoms. The number of aryl methyl sites for hydroxylation is 1. The molecule has 0 aromatic heterocycles. The number of carboxylic acid groups (broad SMARTS) is 1. The van der Waals surface area contributed by atoms with Gasteiger partial charge < -0.3 is 15.2 Å². The second kappa shape index (κ2) is 6.99. The third kappa shape index (κ3) is 4.39. The number of ether oxygens (including phenoxy) is 1. The van der Waals surface area contributed by atoms with E-state index in [4.69, 9.17) is 21.4 Å². The molecule has 0 saturated carbocycles. The second-order valence-corrected chi connectivity index (χ2v) is 5.00. The van der Waals surface area contributed by atoms with E-state index in [1.807, 2.05) is 25.1 Å². The van der Waals surface area contributed by atoms with Crippen molar-refractivity contribution in [1.82, 2.24) is 0 Å². The van der Waals surface area contributed by atoms with Gasteiger partial charge in [-0.3, -0.25) is 0 Å². The number of hydrogen-bond donors (Lipinski definition) is 2. The molecule has 0 heterocycles. The first-order valence-corrected chi connectivity index (χ1v) is 6.90. The minimum atomic E-state index is -0.945. The van der Waals surface area contributed by atoms with E-state index in [0.717, 1.165) is 11.3 Å². The lowest BCUT2D eigenvalue weighted by atomic mass is 10.2. The first kappa shape index (κ1) is 15.2. The van der Waals surface area contributed by atoms with Gasteiger partial charge in [0.15, 0.2) is 0 Å². The molecule has 2 rings (SSSR count). The third-order valence-corrected chi connectivity index (χ3v) is 3.22. The lowest BCUT2D eigenvalue weighted by molar-refractivity contribution is 0.0697. The normalized spacial score (nSPS) is 10.2. The van der Waals surface area contributed by atoms with Crippen molar-refractivity contribution in [2.75, 3.05) is 18.5 Å². The van der Waals surface area contributed by atoms with Crippen LogP contribution in [0.3, 0.4) is 0 Å². The monoisotopic (exact) mass is 305 g/mol. The van der Waals surface area contributed by atoms with Crippen molar-refractivity contribution in [3.8, 4) is 5.75 Å². The van der Waals surface area contributed by atoms with Crippen LogP contribution in [0.4, 0.5) is 5.69 Å². The highest BCUT2D eigenvalue weighted by atomic mass is 35.5. The van der Waals surface area contributed by atoms with Crippen molar-refractivity contribution in [2.45, 2.75) is 6.92 Å². The van der Waals surface area contributed by atoms with E-state index in [9.17, 15) is 4.79 Å². The molecule has 4 nitrogen and oxygen atoms in total. The summed E-state index contributed by atoms with van der Waals surface area (Å²) in [5, 5.41) is 12.7. The van der Waals surface area contributed by atoms with Gasteiger partial charge in [-0.1, -0.05) is 17.7 Å². The predicted molar refractivity (Wildman–Crippen MR) is 83.6 cm³/mol. The number of hydrogen-bond acceptors (Lipinski definition) is 3. The quantitative estimate of drug-likeness (QED) is 0.796. The fourth-order valence-electron chi connectivity index (χ4n) is 1.83. The Morgan fingerprint density at radius 1 is 1.24 bits per heavy atom. The van der Waals surface area contributed by atoms with Gasteiger partial charge in [-0.05, 0) is 48.9 Å². The molecule has 0 amide bonds. The van der Waals surface area contributed by atoms with Gasteiger partial charge >= 0.3 is 5.97 Å². The van der Waals surface area contributed by atoms with E-state index < -0.39 is 5.97 Å². The molecule has 0 saturated heterocycles. The minimum Gasteiger partial charge on any atom is -0.492 e. The van der Waals surface area contributed by atoms with Crippen LogP contribution in [0, 0.1) is 6.92 Å². The van der Waals surface area contributed by atoms with Gasteiger partial charge in [0.05, 0.1) is 5.56 Å². The number of anilines is 1. The second-order valence-electron chi connectivity index (χ2n) is 4.56. The molecule has 0 spiro atoms. The summed E-state index contributed by atoms with van der Waals surface area (Å²) in [6, 6.07) is 12.0. The molecule has 0 atom stereocenters. The van der Waals surface area contributed by atoms with Gasteiger partial charge in [0, 0.05) is 17.3 Å². The smallest absolute Gasteiger partial charge is 0.335 e. The zero-order valence-corrected chi connectivity index (χ0v) is 12.4. The Morgan fingerprint density at radius 3 is 2.62 bits per heavy atom. The van der Waals surface area contributed by atoms with E-state index in [1.54, 1.807) is 12.1 Å². The minimum absolute atomic E-state index is 0.245. The van der Waals surface area contributed by atoms with Crippen molar-refractivity contribution in [2.24, 2.45) is 0 Å². The Bertz CT molecular complexity index is 626. The molecule has 21 heavy (non-hydrogen) atoms. The number of rotatable bonds is 6. The number of nitrogens with one attached hydrogen (secondary N) is 1. The number of halogens is 1. The zero-order valence-electron chi connectivity index (χ0n) is 11.6. The summed E-state index contributed by atoms with van der Waals surface area (Å²) in [7, 11) is 0. The molecule has 110 valence electrons. The standard InChI is InChI=1S/C16H16ClNO3/c1-11-2-5-13(17)10-15(11)18-8-9-21-14-6-3-12(4-7-14)16(19)20/h2-7,10,18H,8-9H2,1H3,(H,19,20). The topological polar surface area (TPSA) is 58.6 Å². The lowest BCUT2D eigenvalue weighted by Crippen LogP contribution is -2.12. The highest BCUT2D eigenvalue weighted by Crippen LogP contribution is 2.20. The maximum Gasteiger partial charge on any atom is 0.335 e. The third-order valence-electron chi connectivity index (χ3n) is 2.99. The van der Waals surface area contributed by atoms with Crippen molar-refractivity contribution >= 4 is 23.3 Å².